The van der Waals surface area contributed by atoms with Crippen LogP contribution in [0.3, 0.4) is 0 Å². The van der Waals surface area contributed by atoms with Crippen molar-refractivity contribution in [2.45, 2.75) is 45.7 Å². The van der Waals surface area contributed by atoms with Crippen LogP contribution >= 0.6 is 11.6 Å². The lowest BCUT2D eigenvalue weighted by Crippen LogP contribution is -2.25. The van der Waals surface area contributed by atoms with E-state index < -0.39 is 0 Å². The summed E-state index contributed by atoms with van der Waals surface area (Å²) in [5.74, 6) is 0. The average molecular weight is 307 g/mol. The van der Waals surface area contributed by atoms with E-state index in [0.29, 0.717) is 0 Å². The number of hydrogen-bond acceptors (Lipinski definition) is 3. The molecule has 0 fully saturated rings. The van der Waals surface area contributed by atoms with Crippen LogP contribution in [0.5, 0.6) is 0 Å². The van der Waals surface area contributed by atoms with Gasteiger partial charge in [0.05, 0.1) is 23.0 Å². The first-order chi connectivity index (χ1) is 10.3. The second kappa shape index (κ2) is 8.15. The molecule has 2 heterocycles. The fourth-order valence-electron chi connectivity index (χ4n) is 2.48. The van der Waals surface area contributed by atoms with Gasteiger partial charge in [0.15, 0.2) is 0 Å². The molecular weight excluding hydrogens is 284 g/mol. The molecule has 1 N–H and O–H groups in total. The highest BCUT2D eigenvalue weighted by Crippen LogP contribution is 2.26. The zero-order valence-corrected chi connectivity index (χ0v) is 13.5. The van der Waals surface area contributed by atoms with Crippen LogP contribution in [0.1, 0.15) is 44.0 Å². The third-order valence-corrected chi connectivity index (χ3v) is 3.87. The summed E-state index contributed by atoms with van der Waals surface area (Å²) in [7, 11) is 0. The number of nitrogens with zero attached hydrogens (tertiary/aromatic N) is 3. The fourth-order valence-corrected chi connectivity index (χ4v) is 2.76. The van der Waals surface area contributed by atoms with E-state index in [1.165, 1.54) is 5.56 Å². The predicted molar refractivity (Wildman–Crippen MR) is 86.5 cm³/mol. The third kappa shape index (κ3) is 4.29. The number of halogens is 1. The first-order valence-corrected chi connectivity index (χ1v) is 7.97. The summed E-state index contributed by atoms with van der Waals surface area (Å²) in [4.78, 5) is 4.06. The lowest BCUT2D eigenvalue weighted by Gasteiger charge is -2.20. The topological polar surface area (TPSA) is 42.7 Å². The quantitative estimate of drug-likeness (QED) is 0.810. The molecule has 114 valence electrons. The molecule has 0 aliphatic heterocycles. The van der Waals surface area contributed by atoms with E-state index in [9.17, 15) is 0 Å². The maximum Gasteiger partial charge on any atom is 0.0834 e. The van der Waals surface area contributed by atoms with Crippen molar-refractivity contribution >= 4 is 11.6 Å². The van der Waals surface area contributed by atoms with Gasteiger partial charge in [-0.25, -0.2) is 0 Å². The Balaban J connectivity index is 2.12. The third-order valence-electron chi connectivity index (χ3n) is 3.57. The van der Waals surface area contributed by atoms with Crippen LogP contribution in [-0.2, 0) is 13.0 Å². The Labute approximate surface area is 131 Å². The Hall–Kier alpha value is -1.39. The van der Waals surface area contributed by atoms with Crippen molar-refractivity contribution in [3.05, 3.63) is 47.0 Å². The van der Waals surface area contributed by atoms with Gasteiger partial charge in [-0.3, -0.25) is 9.67 Å². The normalized spacial score (nSPS) is 12.5. The van der Waals surface area contributed by atoms with Gasteiger partial charge in [-0.2, -0.15) is 5.10 Å². The van der Waals surface area contributed by atoms with Crippen molar-refractivity contribution in [3.8, 4) is 0 Å². The molecule has 2 rings (SSSR count). The van der Waals surface area contributed by atoms with E-state index >= 15 is 0 Å². The molecule has 2 aromatic heterocycles. The van der Waals surface area contributed by atoms with Crippen LogP contribution in [0.4, 0.5) is 0 Å². The van der Waals surface area contributed by atoms with Crippen molar-refractivity contribution in [3.63, 3.8) is 0 Å². The molecule has 1 unspecified atom stereocenters. The number of nitrogens with one attached hydrogen (secondary N) is 1. The Morgan fingerprint density at radius 2 is 2.05 bits per heavy atom. The zero-order valence-electron chi connectivity index (χ0n) is 12.7. The summed E-state index contributed by atoms with van der Waals surface area (Å²) in [6.45, 7) is 6.08. The highest BCUT2D eigenvalue weighted by Gasteiger charge is 2.19. The van der Waals surface area contributed by atoms with Gasteiger partial charge in [-0.15, -0.1) is 0 Å². The Morgan fingerprint density at radius 3 is 2.71 bits per heavy atom. The Kier molecular flexibility index (Phi) is 6.21. The van der Waals surface area contributed by atoms with Crippen molar-refractivity contribution in [2.24, 2.45) is 0 Å². The minimum absolute atomic E-state index is 0.230. The number of hydrogen-bond donors (Lipinski definition) is 1. The van der Waals surface area contributed by atoms with E-state index in [1.807, 2.05) is 17.1 Å². The summed E-state index contributed by atoms with van der Waals surface area (Å²) >= 11 is 6.35. The molecule has 0 spiro atoms. The summed E-state index contributed by atoms with van der Waals surface area (Å²) < 4.78 is 1.99. The first-order valence-electron chi connectivity index (χ1n) is 7.59. The number of aryl methyl sites for hydroxylation is 2. The standard InChI is InChI=1S/C16H23ClN4/c1-3-9-19-15(6-5-13-7-10-18-11-8-13)16-14(17)12-20-21(16)4-2/h7-8,10-12,15,19H,3-6,9H2,1-2H3. The molecule has 1 atom stereocenters. The number of rotatable bonds is 8. The maximum atomic E-state index is 6.35. The summed E-state index contributed by atoms with van der Waals surface area (Å²) in [6, 6.07) is 4.36. The predicted octanol–water partition coefficient (Wildman–Crippen LogP) is 3.62. The van der Waals surface area contributed by atoms with Crippen molar-refractivity contribution in [2.75, 3.05) is 6.54 Å². The van der Waals surface area contributed by atoms with Crippen LogP contribution in [0, 0.1) is 0 Å². The molecule has 2 aromatic rings. The van der Waals surface area contributed by atoms with Crippen molar-refractivity contribution in [1.29, 1.82) is 0 Å². The van der Waals surface area contributed by atoms with E-state index in [1.54, 1.807) is 6.20 Å². The van der Waals surface area contributed by atoms with Gasteiger partial charge in [-0.05, 0) is 50.4 Å². The molecule has 0 aromatic carbocycles. The van der Waals surface area contributed by atoms with Gasteiger partial charge >= 0.3 is 0 Å². The van der Waals surface area contributed by atoms with Gasteiger partial charge in [0.1, 0.15) is 0 Å². The molecular formula is C16H23ClN4. The van der Waals surface area contributed by atoms with Gasteiger partial charge < -0.3 is 5.32 Å². The monoisotopic (exact) mass is 306 g/mol. The molecule has 0 saturated heterocycles. The van der Waals surface area contributed by atoms with Crippen LogP contribution in [0.15, 0.2) is 30.7 Å². The lowest BCUT2D eigenvalue weighted by molar-refractivity contribution is 0.457. The molecule has 0 aliphatic rings. The largest absolute Gasteiger partial charge is 0.309 e. The Morgan fingerprint density at radius 1 is 1.29 bits per heavy atom. The van der Waals surface area contributed by atoms with E-state index in [0.717, 1.165) is 43.1 Å². The number of pyridine rings is 1. The molecule has 0 aliphatic carbocycles. The van der Waals surface area contributed by atoms with Crippen LogP contribution in [0.25, 0.3) is 0 Å². The molecule has 4 nitrogen and oxygen atoms in total. The van der Waals surface area contributed by atoms with Crippen LogP contribution in [0.2, 0.25) is 5.02 Å². The summed E-state index contributed by atoms with van der Waals surface area (Å²) in [5.41, 5.74) is 2.40. The van der Waals surface area contributed by atoms with Crippen molar-refractivity contribution in [1.82, 2.24) is 20.1 Å². The molecule has 0 bridgehead atoms. The number of aromatic nitrogens is 3. The SMILES string of the molecule is CCCNC(CCc1ccncc1)c1c(Cl)cnn1CC. The van der Waals surface area contributed by atoms with Gasteiger partial charge in [-0.1, -0.05) is 18.5 Å². The molecule has 0 saturated carbocycles. The first kappa shape index (κ1) is 16.0. The summed E-state index contributed by atoms with van der Waals surface area (Å²) in [6.07, 6.45) is 8.52. The van der Waals surface area contributed by atoms with E-state index in [2.05, 4.69) is 41.4 Å². The molecule has 0 amide bonds. The minimum Gasteiger partial charge on any atom is -0.309 e. The lowest BCUT2D eigenvalue weighted by atomic mass is 10.0. The minimum atomic E-state index is 0.230. The smallest absolute Gasteiger partial charge is 0.0834 e. The van der Waals surface area contributed by atoms with E-state index in [-0.39, 0.29) is 6.04 Å². The van der Waals surface area contributed by atoms with Gasteiger partial charge in [0.25, 0.3) is 0 Å². The van der Waals surface area contributed by atoms with Crippen molar-refractivity contribution < 1.29 is 0 Å². The Bertz CT molecular complexity index is 538. The maximum absolute atomic E-state index is 6.35. The average Bonchev–Trinajstić information content (AvgIpc) is 2.89. The van der Waals surface area contributed by atoms with Gasteiger partial charge in [0.2, 0.25) is 0 Å². The highest BCUT2D eigenvalue weighted by molar-refractivity contribution is 6.31. The van der Waals surface area contributed by atoms with Crippen LogP contribution < -0.4 is 5.32 Å². The summed E-state index contributed by atoms with van der Waals surface area (Å²) in [5, 5.41) is 8.70. The molecule has 21 heavy (non-hydrogen) atoms. The second-order valence-electron chi connectivity index (χ2n) is 5.09. The zero-order chi connectivity index (χ0) is 15.1. The fraction of sp³-hybridized carbons (Fsp3) is 0.500. The van der Waals surface area contributed by atoms with Crippen LogP contribution in [-0.4, -0.2) is 21.3 Å². The van der Waals surface area contributed by atoms with Gasteiger partial charge in [0, 0.05) is 18.9 Å². The molecule has 0 radical (unpaired) electrons. The molecule has 5 heteroatoms. The second-order valence-corrected chi connectivity index (χ2v) is 5.50. The van der Waals surface area contributed by atoms with E-state index in [4.69, 9.17) is 11.6 Å². The highest BCUT2D eigenvalue weighted by atomic mass is 35.5.